The highest BCUT2D eigenvalue weighted by Crippen LogP contribution is 2.35. The van der Waals surface area contributed by atoms with Crippen LogP contribution in [-0.4, -0.2) is 15.7 Å². The van der Waals surface area contributed by atoms with Gasteiger partial charge in [-0.25, -0.2) is 4.98 Å². The lowest BCUT2D eigenvalue weighted by molar-refractivity contribution is 0.913. The van der Waals surface area contributed by atoms with Crippen LogP contribution in [0, 0.1) is 0 Å². The molecule has 0 bridgehead atoms. The van der Waals surface area contributed by atoms with E-state index in [1.165, 1.54) is 22.4 Å². The second-order valence-corrected chi connectivity index (χ2v) is 8.38. The minimum atomic E-state index is 0.0378. The van der Waals surface area contributed by atoms with Gasteiger partial charge in [-0.2, -0.15) is 0 Å². The van der Waals surface area contributed by atoms with Gasteiger partial charge in [0.25, 0.3) is 5.56 Å². The van der Waals surface area contributed by atoms with Crippen molar-refractivity contribution in [3.05, 3.63) is 62.8 Å². The number of nitrogens with one attached hydrogen (secondary N) is 1. The number of aryl methyl sites for hydroxylation is 2. The lowest BCUT2D eigenvalue weighted by Crippen LogP contribution is -2.09. The van der Waals surface area contributed by atoms with Crippen molar-refractivity contribution in [2.45, 2.75) is 37.3 Å². The summed E-state index contributed by atoms with van der Waals surface area (Å²) in [6, 6.07) is 10.3. The number of aromatic amines is 1. The fourth-order valence-electron chi connectivity index (χ4n) is 3.20. The van der Waals surface area contributed by atoms with Crippen LogP contribution in [0.1, 0.15) is 35.3 Å². The van der Waals surface area contributed by atoms with Crippen molar-refractivity contribution in [3.8, 4) is 0 Å². The first-order valence-corrected chi connectivity index (χ1v) is 10.5. The third kappa shape index (κ3) is 3.72. The van der Waals surface area contributed by atoms with E-state index < -0.39 is 0 Å². The predicted octanol–water partition coefficient (Wildman–Crippen LogP) is 5.06. The molecule has 0 aliphatic heterocycles. The summed E-state index contributed by atoms with van der Waals surface area (Å²) in [5.74, 6) is 0.957. The Morgan fingerprint density at radius 1 is 1.24 bits per heavy atom. The fraction of sp³-hybridized carbons (Fsp3) is 0.300. The van der Waals surface area contributed by atoms with Crippen LogP contribution in [0.4, 0.5) is 0 Å². The second-order valence-electron chi connectivity index (χ2n) is 6.21. The maximum absolute atomic E-state index is 12.4. The van der Waals surface area contributed by atoms with Crippen LogP contribution >= 0.6 is 23.1 Å². The summed E-state index contributed by atoms with van der Waals surface area (Å²) in [7, 11) is 0. The van der Waals surface area contributed by atoms with E-state index in [4.69, 9.17) is 0 Å². The first kappa shape index (κ1) is 16.6. The summed E-state index contributed by atoms with van der Waals surface area (Å²) in [6.45, 7) is 0. The third-order valence-corrected chi connectivity index (χ3v) is 6.56. The molecule has 0 spiro atoms. The fourth-order valence-corrected chi connectivity index (χ4v) is 5.35. The normalized spacial score (nSPS) is 13.8. The summed E-state index contributed by atoms with van der Waals surface area (Å²) < 4.78 is 0. The van der Waals surface area contributed by atoms with E-state index in [1.54, 1.807) is 23.1 Å². The van der Waals surface area contributed by atoms with E-state index >= 15 is 0 Å². The molecule has 0 saturated heterocycles. The van der Waals surface area contributed by atoms with Crippen molar-refractivity contribution in [1.82, 2.24) is 9.97 Å². The van der Waals surface area contributed by atoms with Crippen LogP contribution in [0.2, 0.25) is 0 Å². The number of hydrogen-bond acceptors (Lipinski definition) is 4. The van der Waals surface area contributed by atoms with Crippen LogP contribution in [-0.2, 0) is 12.8 Å². The summed E-state index contributed by atoms with van der Waals surface area (Å²) in [6.07, 6.45) is 9.76. The van der Waals surface area contributed by atoms with Gasteiger partial charge >= 0.3 is 0 Å². The molecule has 5 heteroatoms. The molecule has 0 radical (unpaired) electrons. The van der Waals surface area contributed by atoms with Crippen LogP contribution in [0.15, 0.2) is 46.4 Å². The molecular formula is C20H20N2OS2. The van der Waals surface area contributed by atoms with Gasteiger partial charge in [0.15, 0.2) is 5.16 Å². The number of unbranched alkanes of at least 4 members (excludes halogenated alkanes) is 1. The SMILES string of the molecule is O=c1[nH]c(SCCC/C=C/c2ccccc2)nc2sc3c(c12)CCC3. The monoisotopic (exact) mass is 368 g/mol. The number of fused-ring (bicyclic) bond motifs is 3. The van der Waals surface area contributed by atoms with Gasteiger partial charge < -0.3 is 4.98 Å². The molecule has 0 atom stereocenters. The number of H-pyrrole nitrogens is 1. The maximum atomic E-state index is 12.4. The minimum absolute atomic E-state index is 0.0378. The number of thioether (sulfide) groups is 1. The molecule has 1 aliphatic carbocycles. The van der Waals surface area contributed by atoms with Gasteiger partial charge in [0.1, 0.15) is 4.83 Å². The van der Waals surface area contributed by atoms with E-state index in [9.17, 15) is 4.79 Å². The Hall–Kier alpha value is -1.85. The number of allylic oxidation sites excluding steroid dienone is 1. The van der Waals surface area contributed by atoms with Crippen molar-refractivity contribution < 1.29 is 0 Å². The molecule has 0 fully saturated rings. The van der Waals surface area contributed by atoms with Gasteiger partial charge in [-0.05, 0) is 43.2 Å². The average molecular weight is 369 g/mol. The molecule has 3 nitrogen and oxygen atoms in total. The highest BCUT2D eigenvalue weighted by molar-refractivity contribution is 7.99. The summed E-state index contributed by atoms with van der Waals surface area (Å²) in [4.78, 5) is 22.3. The zero-order valence-corrected chi connectivity index (χ0v) is 15.6. The molecule has 0 unspecified atom stereocenters. The Balaban J connectivity index is 1.34. The summed E-state index contributed by atoms with van der Waals surface area (Å²) in [5, 5.41) is 1.59. The second kappa shape index (κ2) is 7.58. The molecule has 1 aliphatic rings. The molecule has 0 saturated carbocycles. The molecule has 1 aromatic carbocycles. The van der Waals surface area contributed by atoms with Gasteiger partial charge in [0.2, 0.25) is 0 Å². The van der Waals surface area contributed by atoms with Crippen LogP contribution in [0.5, 0.6) is 0 Å². The zero-order valence-electron chi connectivity index (χ0n) is 14.0. The predicted molar refractivity (Wildman–Crippen MR) is 108 cm³/mol. The van der Waals surface area contributed by atoms with Crippen molar-refractivity contribution in [1.29, 1.82) is 0 Å². The molecule has 2 heterocycles. The number of nitrogens with zero attached hydrogens (tertiary/aromatic N) is 1. The molecule has 2 aromatic heterocycles. The van der Waals surface area contributed by atoms with Crippen molar-refractivity contribution in [2.24, 2.45) is 0 Å². The Morgan fingerprint density at radius 3 is 3.00 bits per heavy atom. The number of hydrogen-bond donors (Lipinski definition) is 1. The third-order valence-electron chi connectivity index (χ3n) is 4.42. The quantitative estimate of drug-likeness (QED) is 0.376. The first-order chi connectivity index (χ1) is 12.3. The Bertz CT molecular complexity index is 957. The van der Waals surface area contributed by atoms with Crippen molar-refractivity contribution >= 4 is 39.4 Å². The van der Waals surface area contributed by atoms with E-state index in [1.807, 2.05) is 18.2 Å². The summed E-state index contributed by atoms with van der Waals surface area (Å²) >= 11 is 3.35. The number of aromatic nitrogens is 2. The molecule has 4 rings (SSSR count). The lowest BCUT2D eigenvalue weighted by atomic mass is 10.2. The topological polar surface area (TPSA) is 45.8 Å². The highest BCUT2D eigenvalue weighted by Gasteiger charge is 2.20. The zero-order chi connectivity index (χ0) is 17.1. The van der Waals surface area contributed by atoms with Crippen molar-refractivity contribution in [2.75, 3.05) is 5.75 Å². The van der Waals surface area contributed by atoms with Gasteiger partial charge in [0, 0.05) is 10.6 Å². The van der Waals surface area contributed by atoms with Gasteiger partial charge in [-0.1, -0.05) is 54.2 Å². The number of benzene rings is 1. The summed E-state index contributed by atoms with van der Waals surface area (Å²) in [5.41, 5.74) is 2.52. The van der Waals surface area contributed by atoms with Gasteiger partial charge in [0.05, 0.1) is 5.39 Å². The van der Waals surface area contributed by atoms with Crippen LogP contribution in [0.25, 0.3) is 16.3 Å². The largest absolute Gasteiger partial charge is 0.301 e. The molecule has 25 heavy (non-hydrogen) atoms. The maximum Gasteiger partial charge on any atom is 0.260 e. The van der Waals surface area contributed by atoms with E-state index in [0.717, 1.165) is 46.8 Å². The smallest absolute Gasteiger partial charge is 0.260 e. The van der Waals surface area contributed by atoms with E-state index in [0.29, 0.717) is 0 Å². The van der Waals surface area contributed by atoms with Gasteiger partial charge in [-0.15, -0.1) is 11.3 Å². The van der Waals surface area contributed by atoms with Crippen LogP contribution in [0.3, 0.4) is 0 Å². The molecule has 128 valence electrons. The Labute approximate surface area is 155 Å². The van der Waals surface area contributed by atoms with E-state index in [2.05, 4.69) is 34.3 Å². The van der Waals surface area contributed by atoms with Crippen molar-refractivity contribution in [3.63, 3.8) is 0 Å². The lowest BCUT2D eigenvalue weighted by Gasteiger charge is -2.00. The number of thiophene rings is 1. The molecule has 0 amide bonds. The Morgan fingerprint density at radius 2 is 2.12 bits per heavy atom. The van der Waals surface area contributed by atoms with Crippen LogP contribution < -0.4 is 5.56 Å². The minimum Gasteiger partial charge on any atom is -0.301 e. The number of rotatable bonds is 6. The first-order valence-electron chi connectivity index (χ1n) is 8.70. The molecule has 3 aromatic rings. The van der Waals surface area contributed by atoms with Gasteiger partial charge in [-0.3, -0.25) is 4.79 Å². The standard InChI is InChI=1S/C20H20N2OS2/c23-18-17-15-11-7-12-16(15)25-19(17)22-20(21-18)24-13-6-2-5-10-14-8-3-1-4-9-14/h1,3-5,8-10H,2,6-7,11-13H2,(H,21,22,23)/b10-5+. The Kier molecular flexibility index (Phi) is 5.04. The average Bonchev–Trinajstić information content (AvgIpc) is 3.19. The molecule has 1 N–H and O–H groups in total. The van der Waals surface area contributed by atoms with E-state index in [-0.39, 0.29) is 5.56 Å². The highest BCUT2D eigenvalue weighted by atomic mass is 32.2. The molecular weight excluding hydrogens is 348 g/mol.